The van der Waals surface area contributed by atoms with Crippen LogP contribution in [-0.2, 0) is 26.2 Å². The van der Waals surface area contributed by atoms with Gasteiger partial charge in [0.05, 0.1) is 46.1 Å². The summed E-state index contributed by atoms with van der Waals surface area (Å²) in [6.07, 6.45) is 0. The number of hydrogen-bond acceptors (Lipinski definition) is 11. The van der Waals surface area contributed by atoms with Crippen molar-refractivity contribution in [1.29, 1.82) is 0 Å². The number of rotatable bonds is 16. The molecule has 12 heteroatoms. The fourth-order valence-electron chi connectivity index (χ4n) is 6.33. The summed E-state index contributed by atoms with van der Waals surface area (Å²) < 4.78 is 33.2. The molecule has 288 valence electrons. The molecule has 2 amide bonds. The number of imide groups is 1. The van der Waals surface area contributed by atoms with Crippen molar-refractivity contribution < 1.29 is 38.0 Å². The molecule has 54 heavy (non-hydrogen) atoms. The second-order valence-electron chi connectivity index (χ2n) is 13.6. The maximum atomic E-state index is 13.0. The van der Waals surface area contributed by atoms with Gasteiger partial charge in [0.15, 0.2) is 0 Å². The molecule has 0 aliphatic carbocycles. The van der Waals surface area contributed by atoms with Crippen LogP contribution in [0.1, 0.15) is 43.0 Å². The first-order valence-electron chi connectivity index (χ1n) is 17.9. The highest BCUT2D eigenvalue weighted by Gasteiger charge is 2.38. The van der Waals surface area contributed by atoms with Crippen LogP contribution in [0.5, 0.6) is 34.5 Å². The Morgan fingerprint density at radius 2 is 1.15 bits per heavy atom. The lowest BCUT2D eigenvalue weighted by Crippen LogP contribution is -2.29. The maximum absolute atomic E-state index is 13.0. The van der Waals surface area contributed by atoms with Crippen LogP contribution in [0, 0.1) is 0 Å². The van der Waals surface area contributed by atoms with Gasteiger partial charge in [-0.05, 0) is 70.2 Å². The summed E-state index contributed by atoms with van der Waals surface area (Å²) in [5.74, 6) is 3.61. The van der Waals surface area contributed by atoms with Gasteiger partial charge in [-0.1, -0.05) is 24.3 Å². The molecule has 6 rings (SSSR count). The van der Waals surface area contributed by atoms with E-state index in [4.69, 9.17) is 28.4 Å². The summed E-state index contributed by atoms with van der Waals surface area (Å²) in [5, 5.41) is 0. The maximum Gasteiger partial charge on any atom is 0.265 e. The Morgan fingerprint density at radius 1 is 0.593 bits per heavy atom. The summed E-state index contributed by atoms with van der Waals surface area (Å²) >= 11 is 0. The monoisotopic (exact) mass is 740 g/mol. The van der Waals surface area contributed by atoms with Crippen molar-refractivity contribution in [3.63, 3.8) is 0 Å². The first-order chi connectivity index (χ1) is 26.1. The molecule has 2 aliphatic rings. The molecule has 4 aromatic carbocycles. The van der Waals surface area contributed by atoms with E-state index in [1.54, 1.807) is 57.7 Å². The first-order valence-corrected chi connectivity index (χ1v) is 17.9. The molecule has 2 aliphatic heterocycles. The number of likely N-dealkylation sites (N-methyl/N-ethyl adjacent to an activating group) is 2. The summed E-state index contributed by atoms with van der Waals surface area (Å²) in [5.41, 5.74) is 5.21. The van der Waals surface area contributed by atoms with Crippen LogP contribution in [0.4, 0.5) is 0 Å². The molecule has 12 nitrogen and oxygen atoms in total. The molecule has 0 atom stereocenters. The third kappa shape index (κ3) is 9.62. The lowest BCUT2D eigenvalue weighted by molar-refractivity contribution is 0.0640. The Morgan fingerprint density at radius 3 is 1.72 bits per heavy atom. The highest BCUT2D eigenvalue weighted by molar-refractivity contribution is 6.22. The molecule has 0 saturated heterocycles. The van der Waals surface area contributed by atoms with Gasteiger partial charge in [0.25, 0.3) is 11.8 Å². The van der Waals surface area contributed by atoms with E-state index in [1.807, 2.05) is 31.1 Å². The predicted octanol–water partition coefficient (Wildman–Crippen LogP) is 5.60. The van der Waals surface area contributed by atoms with Gasteiger partial charge in [-0.3, -0.25) is 19.4 Å². The van der Waals surface area contributed by atoms with E-state index in [0.717, 1.165) is 49.0 Å². The van der Waals surface area contributed by atoms with Crippen LogP contribution in [0.25, 0.3) is 0 Å². The van der Waals surface area contributed by atoms with Crippen molar-refractivity contribution in [2.45, 2.75) is 26.2 Å². The quantitative estimate of drug-likeness (QED) is 0.134. The number of ether oxygens (including phenoxy) is 6. The Bertz CT molecular complexity index is 1910. The number of methoxy groups -OCH3 is 4. The van der Waals surface area contributed by atoms with Crippen molar-refractivity contribution >= 4 is 11.8 Å². The van der Waals surface area contributed by atoms with Gasteiger partial charge in [0, 0.05) is 61.5 Å². The van der Waals surface area contributed by atoms with Crippen molar-refractivity contribution in [1.82, 2.24) is 19.6 Å². The van der Waals surface area contributed by atoms with Crippen molar-refractivity contribution in [2.24, 2.45) is 0 Å². The van der Waals surface area contributed by atoms with Crippen molar-refractivity contribution in [2.75, 3.05) is 82.9 Å². The lowest BCUT2D eigenvalue weighted by atomic mass is 10.1. The normalized spacial score (nSPS) is 13.4. The number of fused-ring (bicyclic) bond motifs is 2. The molecule has 0 spiro atoms. The van der Waals surface area contributed by atoms with Crippen LogP contribution in [0.2, 0.25) is 0 Å². The van der Waals surface area contributed by atoms with Crippen LogP contribution >= 0.6 is 0 Å². The average Bonchev–Trinajstić information content (AvgIpc) is 3.69. The fourth-order valence-corrected chi connectivity index (χ4v) is 6.33. The van der Waals surface area contributed by atoms with Crippen LogP contribution in [0.15, 0.2) is 72.8 Å². The van der Waals surface area contributed by atoms with Crippen molar-refractivity contribution in [3.05, 3.63) is 106 Å². The number of benzene rings is 4. The van der Waals surface area contributed by atoms with Gasteiger partial charge in [0.2, 0.25) is 0 Å². The van der Waals surface area contributed by atoms with E-state index in [2.05, 4.69) is 48.2 Å². The highest BCUT2D eigenvalue weighted by Crippen LogP contribution is 2.35. The van der Waals surface area contributed by atoms with Crippen LogP contribution in [-0.4, -0.2) is 114 Å². The van der Waals surface area contributed by atoms with Gasteiger partial charge in [-0.2, -0.15) is 0 Å². The van der Waals surface area contributed by atoms with Crippen LogP contribution < -0.4 is 28.4 Å². The van der Waals surface area contributed by atoms with Crippen molar-refractivity contribution in [3.8, 4) is 34.5 Å². The smallest absolute Gasteiger partial charge is 0.265 e. The third-order valence-corrected chi connectivity index (χ3v) is 9.27. The topological polar surface area (TPSA) is 102 Å². The van der Waals surface area contributed by atoms with Gasteiger partial charge in [-0.15, -0.1) is 0 Å². The summed E-state index contributed by atoms with van der Waals surface area (Å²) in [6.45, 7) is 5.51. The molecule has 0 radical (unpaired) electrons. The van der Waals surface area contributed by atoms with Crippen LogP contribution in [0.3, 0.4) is 0 Å². The minimum atomic E-state index is -0.363. The molecule has 0 N–H and O–H groups in total. The zero-order valence-electron chi connectivity index (χ0n) is 32.6. The molecule has 0 bridgehead atoms. The Kier molecular flexibility index (Phi) is 13.8. The Balaban J connectivity index is 0.000000208. The van der Waals surface area contributed by atoms with E-state index in [9.17, 15) is 9.59 Å². The SMILES string of the molecule is COc1ccc(CN2C(=O)c3cccc(OCCN(C)C)c3C2=O)c(OC)c1.COc1ccc(CN2Cc3cccc(OCCN(C)C)c3C2)c(OC)c1. The second kappa shape index (κ2) is 18.6. The molecule has 2 heterocycles. The van der Waals surface area contributed by atoms with E-state index >= 15 is 0 Å². The number of nitrogens with zero attached hydrogens (tertiary/aromatic N) is 4. The predicted molar refractivity (Wildman–Crippen MR) is 207 cm³/mol. The molecule has 0 aromatic heterocycles. The largest absolute Gasteiger partial charge is 0.497 e. The van der Waals surface area contributed by atoms with E-state index in [0.29, 0.717) is 53.7 Å². The number of carbonyl (C=O) groups is 2. The zero-order valence-corrected chi connectivity index (χ0v) is 32.6. The molecule has 4 aromatic rings. The number of amides is 2. The third-order valence-electron chi connectivity index (χ3n) is 9.27. The molecule has 0 saturated carbocycles. The van der Waals surface area contributed by atoms with Gasteiger partial charge < -0.3 is 38.2 Å². The zero-order chi connectivity index (χ0) is 38.8. The minimum Gasteiger partial charge on any atom is -0.497 e. The molecular weight excluding hydrogens is 688 g/mol. The van der Waals surface area contributed by atoms with Gasteiger partial charge in [-0.25, -0.2) is 0 Å². The van der Waals surface area contributed by atoms with Gasteiger partial charge >= 0.3 is 0 Å². The molecule has 0 unspecified atom stereocenters. The number of hydrogen-bond donors (Lipinski definition) is 0. The van der Waals surface area contributed by atoms with E-state index < -0.39 is 0 Å². The summed E-state index contributed by atoms with van der Waals surface area (Å²) in [6, 6.07) is 22.7. The molecule has 0 fully saturated rings. The highest BCUT2D eigenvalue weighted by atomic mass is 16.5. The minimum absolute atomic E-state index is 0.108. The molecular formula is C42H52N4O8. The first kappa shape index (κ1) is 39.9. The fraction of sp³-hybridized carbons (Fsp3) is 0.381. The van der Waals surface area contributed by atoms with E-state index in [-0.39, 0.29) is 18.4 Å². The average molecular weight is 741 g/mol. The van der Waals surface area contributed by atoms with Gasteiger partial charge in [0.1, 0.15) is 47.7 Å². The van der Waals surface area contributed by atoms with E-state index in [1.165, 1.54) is 23.1 Å². The second-order valence-corrected chi connectivity index (χ2v) is 13.6. The number of carbonyl (C=O) groups excluding carboxylic acids is 2. The Labute approximate surface area is 318 Å². The summed E-state index contributed by atoms with van der Waals surface area (Å²) in [4.78, 5) is 33.6. The standard InChI is InChI=1S/C21H24N2O5.C21H28N2O3/c1-22(2)10-11-28-17-7-5-6-16-19(17)21(25)23(20(16)24)13-14-8-9-15(26-3)12-18(14)27-4;1-22(2)10-11-26-20-7-5-6-16-13-23(15-19(16)20)14-17-8-9-18(24-3)12-21(17)25-4/h5-9,12H,10-11,13H2,1-4H3;5-9,12H,10-11,13-15H2,1-4H3. The Hall–Kier alpha value is -5.30. The lowest BCUT2D eigenvalue weighted by Gasteiger charge is -2.18. The summed E-state index contributed by atoms with van der Waals surface area (Å²) in [7, 11) is 14.5.